The smallest absolute Gasteiger partial charge is 0.171 e. The van der Waals surface area contributed by atoms with Crippen molar-refractivity contribution in [3.05, 3.63) is 58.1 Å². The Kier molecular flexibility index (Phi) is 5.89. The largest absolute Gasteiger partial charge is 0.497 e. The molecule has 0 bridgehead atoms. The van der Waals surface area contributed by atoms with Gasteiger partial charge in [-0.2, -0.15) is 0 Å². The molecule has 6 heteroatoms. The van der Waals surface area contributed by atoms with E-state index in [1.54, 1.807) is 25.3 Å². The van der Waals surface area contributed by atoms with Crippen LogP contribution in [0.3, 0.4) is 0 Å². The predicted molar refractivity (Wildman–Crippen MR) is 97.2 cm³/mol. The number of nitrogens with one attached hydrogen (secondary N) is 2. The molecular formula is C16H16Cl2N2OS. The zero-order valence-electron chi connectivity index (χ0n) is 12.2. The SMILES string of the molecule is COc1ccc(C(C)NC(=S)Nc2ccc(Cl)cc2Cl)cc1. The normalized spacial score (nSPS) is 11.6. The Hall–Kier alpha value is -1.49. The second-order valence-electron chi connectivity index (χ2n) is 4.72. The van der Waals surface area contributed by atoms with Crippen molar-refractivity contribution in [2.75, 3.05) is 12.4 Å². The lowest BCUT2D eigenvalue weighted by atomic mass is 10.1. The molecule has 116 valence electrons. The third-order valence-corrected chi connectivity index (χ3v) is 3.91. The van der Waals surface area contributed by atoms with Gasteiger partial charge in [-0.1, -0.05) is 35.3 Å². The molecule has 0 spiro atoms. The molecule has 22 heavy (non-hydrogen) atoms. The van der Waals surface area contributed by atoms with Crippen LogP contribution in [0.4, 0.5) is 5.69 Å². The van der Waals surface area contributed by atoms with Gasteiger partial charge in [0.15, 0.2) is 5.11 Å². The quantitative estimate of drug-likeness (QED) is 0.752. The van der Waals surface area contributed by atoms with Crippen LogP contribution < -0.4 is 15.4 Å². The molecule has 0 amide bonds. The Bertz CT molecular complexity index is 662. The van der Waals surface area contributed by atoms with Crippen molar-refractivity contribution in [2.45, 2.75) is 13.0 Å². The van der Waals surface area contributed by atoms with Gasteiger partial charge in [0.05, 0.1) is 23.9 Å². The molecule has 0 fully saturated rings. The number of rotatable bonds is 4. The number of anilines is 1. The van der Waals surface area contributed by atoms with Crippen LogP contribution in [0.25, 0.3) is 0 Å². The van der Waals surface area contributed by atoms with E-state index in [0.29, 0.717) is 20.8 Å². The molecule has 1 unspecified atom stereocenters. The van der Waals surface area contributed by atoms with E-state index in [-0.39, 0.29) is 6.04 Å². The molecule has 2 aromatic rings. The Morgan fingerprint density at radius 2 is 1.82 bits per heavy atom. The maximum Gasteiger partial charge on any atom is 0.171 e. The number of benzene rings is 2. The molecule has 0 aliphatic carbocycles. The van der Waals surface area contributed by atoms with Crippen molar-refractivity contribution in [1.82, 2.24) is 5.32 Å². The van der Waals surface area contributed by atoms with Gasteiger partial charge in [-0.05, 0) is 55.0 Å². The average Bonchev–Trinajstić information content (AvgIpc) is 2.50. The molecule has 0 aliphatic heterocycles. The van der Waals surface area contributed by atoms with Crippen LogP contribution in [0, 0.1) is 0 Å². The summed E-state index contributed by atoms with van der Waals surface area (Å²) < 4.78 is 5.15. The minimum Gasteiger partial charge on any atom is -0.497 e. The van der Waals surface area contributed by atoms with E-state index in [9.17, 15) is 0 Å². The Balaban J connectivity index is 1.98. The van der Waals surface area contributed by atoms with E-state index in [2.05, 4.69) is 10.6 Å². The summed E-state index contributed by atoms with van der Waals surface area (Å²) in [7, 11) is 1.64. The molecule has 0 aliphatic rings. The zero-order valence-corrected chi connectivity index (χ0v) is 14.5. The second kappa shape index (κ2) is 7.68. The van der Waals surface area contributed by atoms with Gasteiger partial charge < -0.3 is 15.4 Å². The maximum absolute atomic E-state index is 6.11. The number of hydrogen-bond acceptors (Lipinski definition) is 2. The minimum absolute atomic E-state index is 0.0528. The van der Waals surface area contributed by atoms with Crippen molar-refractivity contribution >= 4 is 46.2 Å². The van der Waals surface area contributed by atoms with Crippen LogP contribution in [-0.2, 0) is 0 Å². The first-order chi connectivity index (χ1) is 10.5. The first-order valence-electron chi connectivity index (χ1n) is 6.66. The molecular weight excluding hydrogens is 339 g/mol. The summed E-state index contributed by atoms with van der Waals surface area (Å²) in [5.41, 5.74) is 1.82. The Labute approximate surface area is 145 Å². The van der Waals surface area contributed by atoms with Crippen LogP contribution in [-0.4, -0.2) is 12.2 Å². The Morgan fingerprint density at radius 1 is 1.14 bits per heavy atom. The highest BCUT2D eigenvalue weighted by molar-refractivity contribution is 7.80. The van der Waals surface area contributed by atoms with Crippen LogP contribution in [0.5, 0.6) is 5.75 Å². The molecule has 0 heterocycles. The summed E-state index contributed by atoms with van der Waals surface area (Å²) in [5.74, 6) is 0.824. The van der Waals surface area contributed by atoms with Crippen LogP contribution in [0.15, 0.2) is 42.5 Å². The van der Waals surface area contributed by atoms with Gasteiger partial charge in [0.2, 0.25) is 0 Å². The molecule has 2 N–H and O–H groups in total. The van der Waals surface area contributed by atoms with E-state index in [4.69, 9.17) is 40.2 Å². The molecule has 0 radical (unpaired) electrons. The standard InChI is InChI=1S/C16H16Cl2N2OS/c1-10(11-3-6-13(21-2)7-4-11)19-16(22)20-15-8-5-12(17)9-14(15)18/h3-10H,1-2H3,(H2,19,20,22). The van der Waals surface area contributed by atoms with E-state index >= 15 is 0 Å². The fourth-order valence-electron chi connectivity index (χ4n) is 1.92. The monoisotopic (exact) mass is 354 g/mol. The summed E-state index contributed by atoms with van der Waals surface area (Å²) in [6.45, 7) is 2.03. The zero-order chi connectivity index (χ0) is 16.1. The minimum atomic E-state index is 0.0528. The van der Waals surface area contributed by atoms with E-state index in [0.717, 1.165) is 11.3 Å². The molecule has 2 aromatic carbocycles. The predicted octanol–water partition coefficient (Wildman–Crippen LogP) is 5.05. The van der Waals surface area contributed by atoms with Crippen molar-refractivity contribution < 1.29 is 4.74 Å². The Morgan fingerprint density at radius 3 is 2.41 bits per heavy atom. The molecule has 0 saturated heterocycles. The maximum atomic E-state index is 6.11. The summed E-state index contributed by atoms with van der Waals surface area (Å²) in [6.07, 6.45) is 0. The van der Waals surface area contributed by atoms with E-state index < -0.39 is 0 Å². The van der Waals surface area contributed by atoms with Gasteiger partial charge in [-0.15, -0.1) is 0 Å². The summed E-state index contributed by atoms with van der Waals surface area (Å²) >= 11 is 17.3. The van der Waals surface area contributed by atoms with Crippen LogP contribution in [0.1, 0.15) is 18.5 Å². The fourth-order valence-corrected chi connectivity index (χ4v) is 2.66. The van der Waals surface area contributed by atoms with Gasteiger partial charge in [0.25, 0.3) is 0 Å². The molecule has 1 atom stereocenters. The third-order valence-electron chi connectivity index (χ3n) is 3.14. The highest BCUT2D eigenvalue weighted by Crippen LogP contribution is 2.25. The van der Waals surface area contributed by atoms with Gasteiger partial charge in [-0.3, -0.25) is 0 Å². The number of halogens is 2. The second-order valence-corrected chi connectivity index (χ2v) is 5.97. The first kappa shape index (κ1) is 16.9. The highest BCUT2D eigenvalue weighted by Gasteiger charge is 2.09. The number of methoxy groups -OCH3 is 1. The van der Waals surface area contributed by atoms with Crippen molar-refractivity contribution in [2.24, 2.45) is 0 Å². The summed E-state index contributed by atoms with van der Waals surface area (Å²) in [5, 5.41) is 7.88. The average molecular weight is 355 g/mol. The topological polar surface area (TPSA) is 33.3 Å². The molecule has 0 saturated carbocycles. The fraction of sp³-hybridized carbons (Fsp3) is 0.188. The van der Waals surface area contributed by atoms with Crippen LogP contribution in [0.2, 0.25) is 10.0 Å². The summed E-state index contributed by atoms with van der Waals surface area (Å²) in [6, 6.07) is 13.1. The number of thiocarbonyl (C=S) groups is 1. The van der Waals surface area contributed by atoms with E-state index in [1.807, 2.05) is 31.2 Å². The third kappa shape index (κ3) is 4.50. The molecule has 0 aromatic heterocycles. The lowest BCUT2D eigenvalue weighted by Gasteiger charge is -2.18. The number of hydrogen-bond donors (Lipinski definition) is 2. The van der Waals surface area contributed by atoms with Crippen LogP contribution >= 0.6 is 35.4 Å². The van der Waals surface area contributed by atoms with Gasteiger partial charge in [0.1, 0.15) is 5.75 Å². The number of ether oxygens (including phenoxy) is 1. The van der Waals surface area contributed by atoms with Gasteiger partial charge >= 0.3 is 0 Å². The van der Waals surface area contributed by atoms with Crippen molar-refractivity contribution in [3.8, 4) is 5.75 Å². The lowest BCUT2D eigenvalue weighted by molar-refractivity contribution is 0.414. The van der Waals surface area contributed by atoms with Gasteiger partial charge in [0, 0.05) is 5.02 Å². The van der Waals surface area contributed by atoms with E-state index in [1.165, 1.54) is 0 Å². The van der Waals surface area contributed by atoms with Crippen molar-refractivity contribution in [3.63, 3.8) is 0 Å². The lowest BCUT2D eigenvalue weighted by Crippen LogP contribution is -2.30. The summed E-state index contributed by atoms with van der Waals surface area (Å²) in [4.78, 5) is 0. The molecule has 3 nitrogen and oxygen atoms in total. The highest BCUT2D eigenvalue weighted by atomic mass is 35.5. The van der Waals surface area contributed by atoms with Crippen molar-refractivity contribution in [1.29, 1.82) is 0 Å². The first-order valence-corrected chi connectivity index (χ1v) is 7.82. The van der Waals surface area contributed by atoms with Gasteiger partial charge in [-0.25, -0.2) is 0 Å². The molecule has 2 rings (SSSR count).